The molecular formula is C10H9F6NO2. The highest BCUT2D eigenvalue weighted by Gasteiger charge is 2.37. The van der Waals surface area contributed by atoms with Crippen molar-refractivity contribution in [3.05, 3.63) is 29.1 Å². The largest absolute Gasteiger partial charge is 0.419 e. The summed E-state index contributed by atoms with van der Waals surface area (Å²) in [7, 11) is 0. The van der Waals surface area contributed by atoms with E-state index in [0.29, 0.717) is 0 Å². The lowest BCUT2D eigenvalue weighted by molar-refractivity contribution is -0.140. The molecule has 108 valence electrons. The molecule has 0 saturated carbocycles. The van der Waals surface area contributed by atoms with Gasteiger partial charge in [-0.25, -0.2) is 13.2 Å². The molecular weight excluding hydrogens is 280 g/mol. The molecule has 0 aromatic heterocycles. The first-order chi connectivity index (χ1) is 8.68. The number of rotatable bonds is 4. The van der Waals surface area contributed by atoms with Crippen LogP contribution < -0.4 is 5.32 Å². The topological polar surface area (TPSA) is 52.5 Å². The molecule has 0 fully saturated rings. The zero-order valence-electron chi connectivity index (χ0n) is 9.23. The molecule has 1 atom stereocenters. The van der Waals surface area contributed by atoms with Crippen LogP contribution in [0.3, 0.4) is 0 Å². The monoisotopic (exact) mass is 289 g/mol. The van der Waals surface area contributed by atoms with Crippen LogP contribution in [0.15, 0.2) is 6.07 Å². The molecule has 0 radical (unpaired) electrons. The molecule has 0 spiro atoms. The minimum atomic E-state index is -5.19. The van der Waals surface area contributed by atoms with Crippen molar-refractivity contribution < 1.29 is 36.6 Å². The minimum Gasteiger partial charge on any atom is -0.394 e. The molecule has 1 aromatic rings. The van der Waals surface area contributed by atoms with Gasteiger partial charge in [0.05, 0.1) is 24.0 Å². The summed E-state index contributed by atoms with van der Waals surface area (Å²) in [6, 6.07) is 0.0534. The summed E-state index contributed by atoms with van der Waals surface area (Å²) in [6.07, 6.45) is -6.58. The van der Waals surface area contributed by atoms with E-state index < -0.39 is 54.1 Å². The van der Waals surface area contributed by atoms with Gasteiger partial charge in [-0.1, -0.05) is 0 Å². The number of halogens is 6. The Morgan fingerprint density at radius 1 is 1.11 bits per heavy atom. The summed E-state index contributed by atoms with van der Waals surface area (Å²) in [5.41, 5.74) is -2.92. The first-order valence-corrected chi connectivity index (χ1v) is 4.96. The van der Waals surface area contributed by atoms with Crippen molar-refractivity contribution in [2.75, 3.05) is 18.5 Å². The fourth-order valence-electron chi connectivity index (χ4n) is 1.23. The lowest BCUT2D eigenvalue weighted by atomic mass is 10.1. The van der Waals surface area contributed by atoms with Gasteiger partial charge in [0.1, 0.15) is 0 Å². The standard InChI is InChI=1S/C10H9F6NO2/c11-7-5(10(14,15)16)1-6(8(12)9(7)13)17-2-4(19)3-18/h1,4,17-19H,2-3H2. The van der Waals surface area contributed by atoms with Crippen molar-refractivity contribution in [2.45, 2.75) is 12.3 Å². The second-order valence-electron chi connectivity index (χ2n) is 3.63. The van der Waals surface area contributed by atoms with Gasteiger partial charge >= 0.3 is 6.18 Å². The molecule has 1 unspecified atom stereocenters. The fourth-order valence-corrected chi connectivity index (χ4v) is 1.23. The predicted octanol–water partition coefficient (Wildman–Crippen LogP) is 1.89. The number of hydrogen-bond donors (Lipinski definition) is 3. The normalized spacial score (nSPS) is 13.5. The fraction of sp³-hybridized carbons (Fsp3) is 0.400. The second-order valence-corrected chi connectivity index (χ2v) is 3.63. The molecule has 3 N–H and O–H groups in total. The van der Waals surface area contributed by atoms with Gasteiger partial charge in [-0.3, -0.25) is 0 Å². The Kier molecular flexibility index (Phi) is 4.64. The van der Waals surface area contributed by atoms with Crippen molar-refractivity contribution in [1.82, 2.24) is 0 Å². The Morgan fingerprint density at radius 2 is 1.68 bits per heavy atom. The number of benzene rings is 1. The van der Waals surface area contributed by atoms with Crippen LogP contribution in [0.1, 0.15) is 5.56 Å². The van der Waals surface area contributed by atoms with Gasteiger partial charge in [-0.2, -0.15) is 13.2 Å². The van der Waals surface area contributed by atoms with Gasteiger partial charge in [-0.05, 0) is 6.07 Å². The average molecular weight is 289 g/mol. The van der Waals surface area contributed by atoms with Gasteiger partial charge in [0, 0.05) is 6.54 Å². The van der Waals surface area contributed by atoms with Crippen LogP contribution in [0, 0.1) is 17.5 Å². The Hall–Kier alpha value is -1.48. The number of nitrogens with one attached hydrogen (secondary N) is 1. The maximum atomic E-state index is 13.2. The number of anilines is 1. The van der Waals surface area contributed by atoms with E-state index in [1.54, 1.807) is 0 Å². The van der Waals surface area contributed by atoms with E-state index in [9.17, 15) is 26.3 Å². The lowest BCUT2D eigenvalue weighted by Crippen LogP contribution is -2.24. The van der Waals surface area contributed by atoms with E-state index in [4.69, 9.17) is 10.2 Å². The first-order valence-electron chi connectivity index (χ1n) is 4.96. The molecule has 1 aromatic carbocycles. The molecule has 0 aliphatic heterocycles. The number of hydrogen-bond acceptors (Lipinski definition) is 3. The molecule has 0 saturated heterocycles. The maximum absolute atomic E-state index is 13.2. The SMILES string of the molecule is OCC(O)CNc1cc(C(F)(F)F)c(F)c(F)c1F. The summed E-state index contributed by atoms with van der Waals surface area (Å²) in [4.78, 5) is 0. The Morgan fingerprint density at radius 3 is 2.16 bits per heavy atom. The Balaban J connectivity index is 3.15. The van der Waals surface area contributed by atoms with Crippen molar-refractivity contribution in [3.8, 4) is 0 Å². The third kappa shape index (κ3) is 3.51. The van der Waals surface area contributed by atoms with Crippen LogP contribution >= 0.6 is 0 Å². The number of aliphatic hydroxyl groups is 2. The van der Waals surface area contributed by atoms with Crippen LogP contribution in [-0.2, 0) is 6.18 Å². The molecule has 19 heavy (non-hydrogen) atoms. The lowest BCUT2D eigenvalue weighted by Gasteiger charge is -2.15. The highest BCUT2D eigenvalue weighted by atomic mass is 19.4. The molecule has 1 rings (SSSR count). The quantitative estimate of drug-likeness (QED) is 0.586. The summed E-state index contributed by atoms with van der Waals surface area (Å²) in [5.74, 6) is -6.44. The maximum Gasteiger partial charge on any atom is 0.419 e. The van der Waals surface area contributed by atoms with Gasteiger partial charge in [0.25, 0.3) is 0 Å². The van der Waals surface area contributed by atoms with Crippen LogP contribution in [-0.4, -0.2) is 29.5 Å². The second kappa shape index (κ2) is 5.66. The van der Waals surface area contributed by atoms with Crippen molar-refractivity contribution >= 4 is 5.69 Å². The first kappa shape index (κ1) is 15.6. The minimum absolute atomic E-state index is 0.0534. The smallest absolute Gasteiger partial charge is 0.394 e. The van der Waals surface area contributed by atoms with Crippen LogP contribution in [0.2, 0.25) is 0 Å². The van der Waals surface area contributed by atoms with E-state index in [0.717, 1.165) is 0 Å². The van der Waals surface area contributed by atoms with Gasteiger partial charge in [0.15, 0.2) is 17.5 Å². The van der Waals surface area contributed by atoms with Gasteiger partial charge < -0.3 is 15.5 Å². The number of aliphatic hydroxyl groups excluding tert-OH is 2. The van der Waals surface area contributed by atoms with E-state index in [-0.39, 0.29) is 6.07 Å². The molecule has 0 bridgehead atoms. The van der Waals surface area contributed by atoms with E-state index >= 15 is 0 Å². The molecule has 0 aliphatic carbocycles. The summed E-state index contributed by atoms with van der Waals surface area (Å²) >= 11 is 0. The van der Waals surface area contributed by atoms with Crippen molar-refractivity contribution in [2.24, 2.45) is 0 Å². The Labute approximate surface area is 103 Å². The zero-order chi connectivity index (χ0) is 14.8. The summed E-state index contributed by atoms with van der Waals surface area (Å²) in [6.45, 7) is -1.26. The van der Waals surface area contributed by atoms with Gasteiger partial charge in [-0.15, -0.1) is 0 Å². The average Bonchev–Trinajstić information content (AvgIpc) is 2.33. The van der Waals surface area contributed by atoms with Crippen LogP contribution in [0.4, 0.5) is 32.0 Å². The van der Waals surface area contributed by atoms with Crippen molar-refractivity contribution in [3.63, 3.8) is 0 Å². The van der Waals surface area contributed by atoms with E-state index in [1.807, 2.05) is 5.32 Å². The van der Waals surface area contributed by atoms with Crippen LogP contribution in [0.25, 0.3) is 0 Å². The Bertz CT molecular complexity index is 462. The molecule has 0 amide bonds. The number of alkyl halides is 3. The van der Waals surface area contributed by atoms with Crippen LogP contribution in [0.5, 0.6) is 0 Å². The van der Waals surface area contributed by atoms with E-state index in [1.165, 1.54) is 0 Å². The summed E-state index contributed by atoms with van der Waals surface area (Å²) in [5, 5.41) is 19.4. The third-order valence-electron chi connectivity index (χ3n) is 2.19. The highest BCUT2D eigenvalue weighted by Crippen LogP contribution is 2.35. The molecule has 3 nitrogen and oxygen atoms in total. The molecule has 0 heterocycles. The van der Waals surface area contributed by atoms with Gasteiger partial charge in [0.2, 0.25) is 0 Å². The predicted molar refractivity (Wildman–Crippen MR) is 52.9 cm³/mol. The third-order valence-corrected chi connectivity index (χ3v) is 2.19. The molecule has 0 aliphatic rings. The highest BCUT2D eigenvalue weighted by molar-refractivity contribution is 5.49. The molecule has 9 heteroatoms. The summed E-state index contributed by atoms with van der Waals surface area (Å²) < 4.78 is 76.2. The van der Waals surface area contributed by atoms with Crippen molar-refractivity contribution in [1.29, 1.82) is 0 Å². The van der Waals surface area contributed by atoms with E-state index in [2.05, 4.69) is 0 Å². The zero-order valence-corrected chi connectivity index (χ0v) is 9.23.